The molecule has 1 atom stereocenters. The van der Waals surface area contributed by atoms with Gasteiger partial charge in [-0.1, -0.05) is 95.2 Å². The average molecular weight is 329 g/mol. The van der Waals surface area contributed by atoms with E-state index in [-0.39, 0.29) is 5.48 Å². The largest absolute Gasteiger partial charge is 0.481 e. The lowest BCUT2D eigenvalue weighted by Crippen LogP contribution is -1.94. The standard InChI is InChI=1S/C18H35O2.Al.H2O.H/c1-2-3-4-5-6-7-8-9-10-11-12-13-14-15-16-17-18(19)20;;;/h7H,2-6,8-17H2,1H3,(H,19,20);;1H2;. The Labute approximate surface area is 146 Å². The van der Waals surface area contributed by atoms with Crippen molar-refractivity contribution >= 4 is 22.3 Å². The van der Waals surface area contributed by atoms with E-state index in [2.05, 4.69) is 23.2 Å². The van der Waals surface area contributed by atoms with Crippen LogP contribution in [0.5, 0.6) is 0 Å². The first-order valence-electron chi connectivity index (χ1n) is 9.21. The summed E-state index contributed by atoms with van der Waals surface area (Å²) >= 11 is 2.20. The number of aliphatic carboxylic acids is 1. The second-order valence-corrected chi connectivity index (χ2v) is 7.63. The Balaban J connectivity index is 0. The zero-order chi connectivity index (χ0) is 15.8. The van der Waals surface area contributed by atoms with Crippen LogP contribution >= 0.6 is 0 Å². The molecular weight excluding hydrogens is 291 g/mol. The molecule has 0 bridgehead atoms. The molecule has 0 aromatic carbocycles. The van der Waals surface area contributed by atoms with Crippen molar-refractivity contribution < 1.29 is 15.4 Å². The highest BCUT2D eigenvalue weighted by Gasteiger charge is 2.01. The monoisotopic (exact) mass is 329 g/mol. The second kappa shape index (κ2) is 19.0. The Hall–Kier alpha value is -0.0375. The molecule has 1 radical (unpaired) electrons. The van der Waals surface area contributed by atoms with Crippen LogP contribution in [0.2, 0.25) is 4.78 Å². The first-order valence-corrected chi connectivity index (χ1v) is 10.0. The highest BCUT2D eigenvalue weighted by Crippen LogP contribution is 2.20. The molecule has 3 N–H and O–H groups in total. The summed E-state index contributed by atoms with van der Waals surface area (Å²) in [6, 6.07) is 0. The van der Waals surface area contributed by atoms with Crippen LogP contribution in [0.25, 0.3) is 0 Å². The van der Waals surface area contributed by atoms with E-state index in [0.717, 1.165) is 17.6 Å². The van der Waals surface area contributed by atoms with Gasteiger partial charge in [0.25, 0.3) is 0 Å². The fourth-order valence-corrected chi connectivity index (χ4v) is 3.35. The third kappa shape index (κ3) is 20.0. The summed E-state index contributed by atoms with van der Waals surface area (Å²) in [6.45, 7) is 2.28. The molecule has 0 rings (SSSR count). The number of unbranched alkanes of at least 4 members (excludes halogenated alkanes) is 10. The Morgan fingerprint density at radius 3 is 1.68 bits per heavy atom. The van der Waals surface area contributed by atoms with Crippen molar-refractivity contribution in [1.29, 1.82) is 0 Å². The molecule has 0 aliphatic heterocycles. The predicted molar refractivity (Wildman–Crippen MR) is 97.1 cm³/mol. The number of hydrogen-bond acceptors (Lipinski definition) is 1. The lowest BCUT2D eigenvalue weighted by atomic mass is 10.0. The van der Waals surface area contributed by atoms with Crippen LogP contribution in [0, 0.1) is 0 Å². The maximum atomic E-state index is 10.4. The normalized spacial score (nSPS) is 11.9. The van der Waals surface area contributed by atoms with Crippen molar-refractivity contribution in [2.75, 3.05) is 0 Å². The molecule has 1 unspecified atom stereocenters. The maximum Gasteiger partial charge on any atom is 0.303 e. The molecule has 0 spiro atoms. The number of carboxylic acid groups (broad SMARTS) is 1. The molecule has 0 aliphatic rings. The summed E-state index contributed by atoms with van der Waals surface area (Å²) < 4.78 is 0.942. The van der Waals surface area contributed by atoms with Gasteiger partial charge >= 0.3 is 5.97 Å². The average Bonchev–Trinajstić information content (AvgIpc) is 2.45. The summed E-state index contributed by atoms with van der Waals surface area (Å²) in [6.07, 6.45) is 18.7. The van der Waals surface area contributed by atoms with E-state index in [1.54, 1.807) is 0 Å². The summed E-state index contributed by atoms with van der Waals surface area (Å²) in [5.74, 6) is -0.653. The van der Waals surface area contributed by atoms with Crippen molar-refractivity contribution in [3.05, 3.63) is 0 Å². The molecule has 0 aromatic heterocycles. The number of hydrogen-bond donors (Lipinski definition) is 1. The Kier molecular flexibility index (Phi) is 20.9. The molecule has 0 amide bonds. The molecule has 0 aliphatic carbocycles. The molecule has 131 valence electrons. The second-order valence-electron chi connectivity index (χ2n) is 6.48. The first-order chi connectivity index (χ1) is 10.2. The third-order valence-electron chi connectivity index (χ3n) is 4.22. The lowest BCUT2D eigenvalue weighted by molar-refractivity contribution is -0.137. The van der Waals surface area contributed by atoms with Gasteiger partial charge in [-0.05, 0) is 6.42 Å². The molecule has 0 saturated carbocycles. The zero-order valence-electron chi connectivity index (χ0n) is 14.7. The van der Waals surface area contributed by atoms with Crippen molar-refractivity contribution in [2.45, 2.75) is 108 Å². The lowest BCUT2D eigenvalue weighted by Gasteiger charge is -2.11. The van der Waals surface area contributed by atoms with Crippen LogP contribution < -0.4 is 0 Å². The zero-order valence-corrected chi connectivity index (χ0v) is 16.2. The van der Waals surface area contributed by atoms with E-state index in [9.17, 15) is 4.79 Å². The van der Waals surface area contributed by atoms with E-state index in [1.165, 1.54) is 77.0 Å². The minimum Gasteiger partial charge on any atom is -0.481 e. The predicted octanol–water partition coefficient (Wildman–Crippen LogP) is 4.81. The van der Waals surface area contributed by atoms with Crippen LogP contribution in [-0.4, -0.2) is 32.8 Å². The SMILES string of the molecule is CCCCCC[CH]([AlH])CCCCCCCCCCC(=O)O.O. The van der Waals surface area contributed by atoms with Crippen molar-refractivity contribution in [3.63, 3.8) is 0 Å². The van der Waals surface area contributed by atoms with Gasteiger partial charge in [0.2, 0.25) is 0 Å². The van der Waals surface area contributed by atoms with Crippen molar-refractivity contribution in [3.8, 4) is 0 Å². The quantitative estimate of drug-likeness (QED) is 0.326. The third-order valence-corrected chi connectivity index (χ3v) is 5.04. The summed E-state index contributed by atoms with van der Waals surface area (Å²) in [5.41, 5.74) is 0. The van der Waals surface area contributed by atoms with Crippen LogP contribution in [0.15, 0.2) is 0 Å². The molecular formula is C18H38AlO3. The van der Waals surface area contributed by atoms with Crippen molar-refractivity contribution in [1.82, 2.24) is 0 Å². The van der Waals surface area contributed by atoms with Gasteiger partial charge in [-0.3, -0.25) is 4.79 Å². The van der Waals surface area contributed by atoms with E-state index >= 15 is 0 Å². The van der Waals surface area contributed by atoms with Gasteiger partial charge in [0, 0.05) is 6.42 Å². The molecule has 22 heavy (non-hydrogen) atoms. The first kappa shape index (κ1) is 24.2. The molecule has 0 heterocycles. The molecule has 3 nitrogen and oxygen atoms in total. The van der Waals surface area contributed by atoms with E-state index in [1.807, 2.05) is 0 Å². The van der Waals surface area contributed by atoms with Gasteiger partial charge in [0.1, 0.15) is 0 Å². The van der Waals surface area contributed by atoms with Gasteiger partial charge in [-0.25, -0.2) is 0 Å². The van der Waals surface area contributed by atoms with Crippen molar-refractivity contribution in [2.24, 2.45) is 0 Å². The summed E-state index contributed by atoms with van der Waals surface area (Å²) in [4.78, 5) is 10.4. The number of carbonyl (C=O) groups is 1. The Morgan fingerprint density at radius 1 is 0.818 bits per heavy atom. The fourth-order valence-electron chi connectivity index (χ4n) is 2.77. The Bertz CT molecular complexity index is 234. The van der Waals surface area contributed by atoms with Gasteiger partial charge in [0.15, 0.2) is 16.3 Å². The van der Waals surface area contributed by atoms with Gasteiger partial charge in [0.05, 0.1) is 0 Å². The maximum absolute atomic E-state index is 10.4. The van der Waals surface area contributed by atoms with Crippen LogP contribution in [0.1, 0.15) is 103 Å². The molecule has 0 aromatic rings. The van der Waals surface area contributed by atoms with Crippen LogP contribution in [-0.2, 0) is 4.79 Å². The molecule has 4 heteroatoms. The molecule has 0 saturated heterocycles. The van der Waals surface area contributed by atoms with Crippen LogP contribution in [0.3, 0.4) is 0 Å². The smallest absolute Gasteiger partial charge is 0.303 e. The van der Waals surface area contributed by atoms with Gasteiger partial charge in [-0.15, -0.1) is 0 Å². The minimum atomic E-state index is -0.653. The van der Waals surface area contributed by atoms with Crippen LogP contribution in [0.4, 0.5) is 0 Å². The van der Waals surface area contributed by atoms with E-state index in [4.69, 9.17) is 5.11 Å². The summed E-state index contributed by atoms with van der Waals surface area (Å²) in [7, 11) is 0. The molecule has 0 fully saturated rings. The highest BCUT2D eigenvalue weighted by atomic mass is 27.0. The number of rotatable bonds is 16. The van der Waals surface area contributed by atoms with E-state index in [0.29, 0.717) is 6.42 Å². The fraction of sp³-hybridized carbons (Fsp3) is 0.944. The highest BCUT2D eigenvalue weighted by molar-refractivity contribution is 6.11. The topological polar surface area (TPSA) is 68.8 Å². The number of carboxylic acids is 1. The minimum absolute atomic E-state index is 0. The van der Waals surface area contributed by atoms with Gasteiger partial charge in [-0.2, -0.15) is 0 Å². The van der Waals surface area contributed by atoms with Gasteiger partial charge < -0.3 is 10.6 Å². The van der Waals surface area contributed by atoms with E-state index < -0.39 is 5.97 Å². The summed E-state index contributed by atoms with van der Waals surface area (Å²) in [5, 5.41) is 8.54. The Morgan fingerprint density at radius 2 is 1.23 bits per heavy atom.